The van der Waals surface area contributed by atoms with E-state index in [1.54, 1.807) is 0 Å². The Labute approximate surface area is 123 Å². The minimum Gasteiger partial charge on any atom is -0.389 e. The maximum atomic E-state index is 9.83. The number of ether oxygens (including phenoxy) is 1. The number of benzene rings is 1. The fourth-order valence-corrected chi connectivity index (χ4v) is 2.16. The molecule has 1 aliphatic carbocycles. The van der Waals surface area contributed by atoms with Gasteiger partial charge >= 0.3 is 0 Å². The van der Waals surface area contributed by atoms with Gasteiger partial charge in [-0.2, -0.15) is 0 Å². The molecule has 0 saturated heterocycles. The lowest BCUT2D eigenvalue weighted by molar-refractivity contribution is 0.0315. The van der Waals surface area contributed by atoms with E-state index in [0.717, 1.165) is 17.0 Å². The highest BCUT2D eigenvalue weighted by atomic mass is 79.9. The fourth-order valence-electron chi connectivity index (χ4n) is 1.90. The quantitative estimate of drug-likeness (QED) is 0.771. The van der Waals surface area contributed by atoms with Gasteiger partial charge in [0.2, 0.25) is 0 Å². The molecule has 1 aromatic carbocycles. The second-order valence-corrected chi connectivity index (χ2v) is 6.23. The molecule has 1 fully saturated rings. The van der Waals surface area contributed by atoms with Crippen molar-refractivity contribution in [2.45, 2.75) is 31.9 Å². The molecular formula is C15H22BrNO2. The lowest BCUT2D eigenvalue weighted by atomic mass is 10.1. The van der Waals surface area contributed by atoms with Crippen molar-refractivity contribution in [3.05, 3.63) is 34.3 Å². The molecule has 0 radical (unpaired) electrons. The molecule has 2 N–H and O–H groups in total. The Morgan fingerprint density at radius 2 is 2.05 bits per heavy atom. The molecule has 0 aromatic heterocycles. The maximum Gasteiger partial charge on any atom is 0.0897 e. The van der Waals surface area contributed by atoms with Crippen molar-refractivity contribution in [3.8, 4) is 0 Å². The molecule has 1 saturated carbocycles. The summed E-state index contributed by atoms with van der Waals surface area (Å²) in [6.45, 7) is 3.89. The Hall–Kier alpha value is -0.420. The topological polar surface area (TPSA) is 41.5 Å². The van der Waals surface area contributed by atoms with E-state index in [4.69, 9.17) is 4.74 Å². The van der Waals surface area contributed by atoms with Gasteiger partial charge in [0.15, 0.2) is 0 Å². The number of hydrogen-bond acceptors (Lipinski definition) is 3. The van der Waals surface area contributed by atoms with Gasteiger partial charge < -0.3 is 15.2 Å². The summed E-state index contributed by atoms with van der Waals surface area (Å²) in [7, 11) is 0. The van der Waals surface area contributed by atoms with E-state index in [9.17, 15) is 5.11 Å². The minimum absolute atomic E-state index is 0.228. The summed E-state index contributed by atoms with van der Waals surface area (Å²) in [5.41, 5.74) is 1.22. The van der Waals surface area contributed by atoms with Gasteiger partial charge in [0.25, 0.3) is 0 Å². The molecule has 1 aliphatic rings. The van der Waals surface area contributed by atoms with Crippen LogP contribution in [0.25, 0.3) is 0 Å². The normalized spacial score (nSPS) is 18.3. The van der Waals surface area contributed by atoms with E-state index >= 15 is 0 Å². The number of rotatable bonds is 8. The lowest BCUT2D eigenvalue weighted by Gasteiger charge is -2.17. The van der Waals surface area contributed by atoms with Crippen molar-refractivity contribution < 1.29 is 9.84 Å². The molecule has 2 rings (SSSR count). The van der Waals surface area contributed by atoms with Crippen LogP contribution >= 0.6 is 15.9 Å². The summed E-state index contributed by atoms with van der Waals surface area (Å²) in [4.78, 5) is 0. The van der Waals surface area contributed by atoms with Gasteiger partial charge in [-0.25, -0.2) is 0 Å². The van der Waals surface area contributed by atoms with Gasteiger partial charge in [0, 0.05) is 23.7 Å². The first-order chi connectivity index (χ1) is 9.15. The van der Waals surface area contributed by atoms with E-state index in [-0.39, 0.29) is 6.04 Å². The van der Waals surface area contributed by atoms with Crippen molar-refractivity contribution in [2.24, 2.45) is 5.92 Å². The average Bonchev–Trinajstić information content (AvgIpc) is 3.21. The highest BCUT2D eigenvalue weighted by molar-refractivity contribution is 9.10. The Morgan fingerprint density at radius 1 is 1.37 bits per heavy atom. The van der Waals surface area contributed by atoms with Crippen molar-refractivity contribution in [3.63, 3.8) is 0 Å². The molecule has 0 aliphatic heterocycles. The molecule has 2 atom stereocenters. The second kappa shape index (κ2) is 7.39. The zero-order chi connectivity index (χ0) is 13.7. The predicted molar refractivity (Wildman–Crippen MR) is 80.1 cm³/mol. The lowest BCUT2D eigenvalue weighted by Crippen LogP contribution is -2.32. The van der Waals surface area contributed by atoms with Crippen LogP contribution in [0.4, 0.5) is 0 Å². The Bertz CT molecular complexity index is 378. The van der Waals surface area contributed by atoms with Crippen LogP contribution in [0.2, 0.25) is 0 Å². The van der Waals surface area contributed by atoms with Crippen LogP contribution in [0, 0.1) is 5.92 Å². The number of halogens is 1. The summed E-state index contributed by atoms with van der Waals surface area (Å²) in [6, 6.07) is 8.45. The first-order valence-electron chi connectivity index (χ1n) is 6.90. The van der Waals surface area contributed by atoms with Crippen molar-refractivity contribution in [1.82, 2.24) is 5.32 Å². The fraction of sp³-hybridized carbons (Fsp3) is 0.600. The SMILES string of the molecule is CC(NCC(O)COCC1CC1)c1ccc(Br)cc1. The van der Waals surface area contributed by atoms with Crippen LogP contribution in [-0.4, -0.2) is 31.0 Å². The number of nitrogens with one attached hydrogen (secondary N) is 1. The van der Waals surface area contributed by atoms with Crippen LogP contribution in [0.3, 0.4) is 0 Å². The molecule has 3 nitrogen and oxygen atoms in total. The third-order valence-corrected chi connectivity index (χ3v) is 3.92. The van der Waals surface area contributed by atoms with Crippen LogP contribution < -0.4 is 5.32 Å². The van der Waals surface area contributed by atoms with Gasteiger partial charge in [0.1, 0.15) is 0 Å². The molecule has 106 valence electrons. The summed E-state index contributed by atoms with van der Waals surface area (Å²) < 4.78 is 6.56. The molecular weight excluding hydrogens is 306 g/mol. The molecule has 0 spiro atoms. The molecule has 0 heterocycles. The first-order valence-corrected chi connectivity index (χ1v) is 7.69. The van der Waals surface area contributed by atoms with Crippen molar-refractivity contribution >= 4 is 15.9 Å². The Kier molecular flexibility index (Phi) is 5.82. The molecule has 19 heavy (non-hydrogen) atoms. The number of aliphatic hydroxyl groups excluding tert-OH is 1. The molecule has 2 unspecified atom stereocenters. The van der Waals surface area contributed by atoms with Crippen molar-refractivity contribution in [2.75, 3.05) is 19.8 Å². The predicted octanol–water partition coefficient (Wildman–Crippen LogP) is 2.89. The third kappa shape index (κ3) is 5.61. The highest BCUT2D eigenvalue weighted by Gasteiger charge is 2.21. The van der Waals surface area contributed by atoms with E-state index in [2.05, 4.69) is 40.3 Å². The van der Waals surface area contributed by atoms with Crippen LogP contribution in [0.15, 0.2) is 28.7 Å². The Morgan fingerprint density at radius 3 is 2.68 bits per heavy atom. The number of hydrogen-bond donors (Lipinski definition) is 2. The van der Waals surface area contributed by atoms with Gasteiger partial charge in [-0.3, -0.25) is 0 Å². The van der Waals surface area contributed by atoms with E-state index in [0.29, 0.717) is 13.2 Å². The van der Waals surface area contributed by atoms with Crippen LogP contribution in [-0.2, 0) is 4.74 Å². The van der Waals surface area contributed by atoms with Gasteiger partial charge in [0.05, 0.1) is 12.7 Å². The van der Waals surface area contributed by atoms with Gasteiger partial charge in [-0.15, -0.1) is 0 Å². The largest absolute Gasteiger partial charge is 0.389 e. The Balaban J connectivity index is 1.64. The third-order valence-electron chi connectivity index (χ3n) is 3.39. The van der Waals surface area contributed by atoms with Gasteiger partial charge in [-0.1, -0.05) is 28.1 Å². The summed E-state index contributed by atoms with van der Waals surface area (Å²) in [5, 5.41) is 13.2. The van der Waals surface area contributed by atoms with Gasteiger partial charge in [-0.05, 0) is 43.4 Å². The zero-order valence-electron chi connectivity index (χ0n) is 11.3. The summed E-state index contributed by atoms with van der Waals surface area (Å²) in [5.74, 6) is 0.752. The van der Waals surface area contributed by atoms with E-state index < -0.39 is 6.10 Å². The highest BCUT2D eigenvalue weighted by Crippen LogP contribution is 2.28. The molecule has 4 heteroatoms. The zero-order valence-corrected chi connectivity index (χ0v) is 12.9. The monoisotopic (exact) mass is 327 g/mol. The minimum atomic E-state index is -0.434. The van der Waals surface area contributed by atoms with Crippen LogP contribution in [0.1, 0.15) is 31.4 Å². The first kappa shape index (κ1) is 15.0. The van der Waals surface area contributed by atoms with E-state index in [1.165, 1.54) is 18.4 Å². The summed E-state index contributed by atoms with van der Waals surface area (Å²) >= 11 is 3.42. The second-order valence-electron chi connectivity index (χ2n) is 5.32. The van der Waals surface area contributed by atoms with Crippen molar-refractivity contribution in [1.29, 1.82) is 0 Å². The molecule has 0 amide bonds. The molecule has 1 aromatic rings. The maximum absolute atomic E-state index is 9.83. The van der Waals surface area contributed by atoms with E-state index in [1.807, 2.05) is 12.1 Å². The summed E-state index contributed by atoms with van der Waals surface area (Å²) in [6.07, 6.45) is 2.14. The smallest absolute Gasteiger partial charge is 0.0897 e. The van der Waals surface area contributed by atoms with Crippen LogP contribution in [0.5, 0.6) is 0 Å². The average molecular weight is 328 g/mol. The molecule has 0 bridgehead atoms. The standard InChI is InChI=1S/C15H22BrNO2/c1-11(13-4-6-14(16)7-5-13)17-8-15(18)10-19-9-12-2-3-12/h4-7,11-12,15,17-18H,2-3,8-10H2,1H3. The number of aliphatic hydroxyl groups is 1.